The first kappa shape index (κ1) is 15.4. The van der Waals surface area contributed by atoms with Crippen molar-refractivity contribution in [3.63, 3.8) is 0 Å². The van der Waals surface area contributed by atoms with Crippen molar-refractivity contribution in [1.29, 1.82) is 0 Å². The Balaban J connectivity index is 3.15. The average molecular weight is 292 g/mol. The Kier molecular flexibility index (Phi) is 5.59. The fourth-order valence-corrected chi connectivity index (χ4v) is 3.54. The van der Waals surface area contributed by atoms with Crippen molar-refractivity contribution in [2.24, 2.45) is 0 Å². The summed E-state index contributed by atoms with van der Waals surface area (Å²) in [6.07, 6.45) is 0.759. The van der Waals surface area contributed by atoms with Crippen LogP contribution < -0.4 is 0 Å². The van der Waals surface area contributed by atoms with Gasteiger partial charge in [-0.05, 0) is 24.1 Å². The Labute approximate surface area is 113 Å². The number of aliphatic hydroxyl groups is 1. The van der Waals surface area contributed by atoms with Gasteiger partial charge in [0.1, 0.15) is 0 Å². The second kappa shape index (κ2) is 6.52. The Morgan fingerprint density at radius 1 is 1.33 bits per heavy atom. The minimum Gasteiger partial charge on any atom is -0.392 e. The number of rotatable bonds is 6. The van der Waals surface area contributed by atoms with E-state index >= 15 is 0 Å². The molecular weight excluding hydrogens is 274 g/mol. The Bertz CT molecular complexity index is 502. The third-order valence-electron chi connectivity index (χ3n) is 2.66. The minimum absolute atomic E-state index is 0.167. The monoisotopic (exact) mass is 291 g/mol. The molecule has 0 aromatic heterocycles. The summed E-state index contributed by atoms with van der Waals surface area (Å²) in [7, 11) is -3.49. The smallest absolute Gasteiger partial charge is 0.243 e. The van der Waals surface area contributed by atoms with E-state index in [4.69, 9.17) is 16.7 Å². The standard InChI is InChI=1S/C12H18ClNO3S/c1-3-7-14(4-2)18(16,17)11-6-5-10(9-15)12(13)8-11/h5-6,8,15H,3-4,7,9H2,1-2H3. The maximum Gasteiger partial charge on any atom is 0.243 e. The third-order valence-corrected chi connectivity index (χ3v) is 4.98. The van der Waals surface area contributed by atoms with Gasteiger partial charge in [-0.3, -0.25) is 0 Å². The topological polar surface area (TPSA) is 57.6 Å². The van der Waals surface area contributed by atoms with Crippen molar-refractivity contribution >= 4 is 21.6 Å². The van der Waals surface area contributed by atoms with Crippen LogP contribution in [0.3, 0.4) is 0 Å². The van der Waals surface area contributed by atoms with Gasteiger partial charge in [-0.2, -0.15) is 4.31 Å². The molecule has 18 heavy (non-hydrogen) atoms. The lowest BCUT2D eigenvalue weighted by Gasteiger charge is -2.20. The summed E-state index contributed by atoms with van der Waals surface area (Å²) >= 11 is 5.92. The molecule has 0 aliphatic heterocycles. The summed E-state index contributed by atoms with van der Waals surface area (Å²) < 4.78 is 26.0. The summed E-state index contributed by atoms with van der Waals surface area (Å²) in [5.74, 6) is 0. The summed E-state index contributed by atoms with van der Waals surface area (Å²) in [4.78, 5) is 0.167. The van der Waals surface area contributed by atoms with Crippen molar-refractivity contribution in [2.45, 2.75) is 31.8 Å². The molecule has 0 radical (unpaired) electrons. The molecule has 1 rings (SSSR count). The van der Waals surface area contributed by atoms with Crippen LogP contribution in [0.2, 0.25) is 5.02 Å². The zero-order valence-electron chi connectivity index (χ0n) is 10.6. The third kappa shape index (κ3) is 3.23. The van der Waals surface area contributed by atoms with Crippen LogP contribution in [0.25, 0.3) is 0 Å². The quantitative estimate of drug-likeness (QED) is 0.874. The van der Waals surface area contributed by atoms with Gasteiger partial charge in [0, 0.05) is 18.1 Å². The van der Waals surface area contributed by atoms with E-state index in [9.17, 15) is 8.42 Å². The molecule has 102 valence electrons. The molecule has 0 amide bonds. The number of hydrogen-bond acceptors (Lipinski definition) is 3. The van der Waals surface area contributed by atoms with Gasteiger partial charge in [0.2, 0.25) is 10.0 Å². The van der Waals surface area contributed by atoms with E-state index in [1.54, 1.807) is 6.92 Å². The fourth-order valence-electron chi connectivity index (χ4n) is 1.66. The number of nitrogens with zero attached hydrogens (tertiary/aromatic N) is 1. The van der Waals surface area contributed by atoms with Crippen LogP contribution in [0.15, 0.2) is 23.1 Å². The van der Waals surface area contributed by atoms with E-state index in [0.717, 1.165) is 6.42 Å². The molecule has 0 aliphatic rings. The molecule has 0 aliphatic carbocycles. The second-order valence-corrected chi connectivity index (χ2v) is 6.25. The molecule has 0 saturated heterocycles. The van der Waals surface area contributed by atoms with Crippen molar-refractivity contribution in [2.75, 3.05) is 13.1 Å². The van der Waals surface area contributed by atoms with E-state index in [0.29, 0.717) is 18.7 Å². The van der Waals surface area contributed by atoms with E-state index in [2.05, 4.69) is 0 Å². The van der Waals surface area contributed by atoms with E-state index in [1.807, 2.05) is 6.92 Å². The number of benzene rings is 1. The van der Waals surface area contributed by atoms with Crippen LogP contribution in [-0.4, -0.2) is 30.9 Å². The van der Waals surface area contributed by atoms with Crippen molar-refractivity contribution in [1.82, 2.24) is 4.31 Å². The van der Waals surface area contributed by atoms with Crippen molar-refractivity contribution in [3.8, 4) is 0 Å². The van der Waals surface area contributed by atoms with Crippen LogP contribution in [0.4, 0.5) is 0 Å². The highest BCUT2D eigenvalue weighted by Crippen LogP contribution is 2.23. The number of aliphatic hydroxyl groups excluding tert-OH is 1. The predicted molar refractivity (Wildman–Crippen MR) is 72.1 cm³/mol. The molecule has 0 fully saturated rings. The van der Waals surface area contributed by atoms with Gasteiger partial charge in [0.15, 0.2) is 0 Å². The Hall–Kier alpha value is -0.620. The highest BCUT2D eigenvalue weighted by atomic mass is 35.5. The number of hydrogen-bond donors (Lipinski definition) is 1. The van der Waals surface area contributed by atoms with Crippen molar-refractivity contribution in [3.05, 3.63) is 28.8 Å². The molecule has 0 saturated carbocycles. The lowest BCUT2D eigenvalue weighted by molar-refractivity contribution is 0.282. The highest BCUT2D eigenvalue weighted by molar-refractivity contribution is 7.89. The molecule has 0 spiro atoms. The van der Waals surface area contributed by atoms with Crippen molar-refractivity contribution < 1.29 is 13.5 Å². The van der Waals surface area contributed by atoms with E-state index in [-0.39, 0.29) is 16.5 Å². The van der Waals surface area contributed by atoms with Gasteiger partial charge in [-0.1, -0.05) is 31.5 Å². The van der Waals surface area contributed by atoms with Crippen LogP contribution in [-0.2, 0) is 16.6 Å². The molecule has 6 heteroatoms. The first-order valence-corrected chi connectivity index (χ1v) is 7.68. The first-order valence-electron chi connectivity index (χ1n) is 5.86. The van der Waals surface area contributed by atoms with Crippen LogP contribution in [0.5, 0.6) is 0 Å². The molecule has 0 bridgehead atoms. The van der Waals surface area contributed by atoms with Gasteiger partial charge in [0.25, 0.3) is 0 Å². The molecule has 0 unspecified atom stereocenters. The molecule has 4 nitrogen and oxygen atoms in total. The fraction of sp³-hybridized carbons (Fsp3) is 0.500. The summed E-state index contributed by atoms with van der Waals surface area (Å²) in [6, 6.07) is 4.40. The summed E-state index contributed by atoms with van der Waals surface area (Å²) in [5, 5.41) is 9.28. The normalized spacial score (nSPS) is 12.1. The van der Waals surface area contributed by atoms with Crippen LogP contribution >= 0.6 is 11.6 Å². The molecule has 0 atom stereocenters. The molecule has 1 aromatic rings. The van der Waals surface area contributed by atoms with Gasteiger partial charge >= 0.3 is 0 Å². The molecule has 1 N–H and O–H groups in total. The van der Waals surface area contributed by atoms with Gasteiger partial charge in [0.05, 0.1) is 11.5 Å². The lowest BCUT2D eigenvalue weighted by Crippen LogP contribution is -2.31. The Morgan fingerprint density at radius 3 is 2.44 bits per heavy atom. The first-order chi connectivity index (χ1) is 8.47. The zero-order valence-corrected chi connectivity index (χ0v) is 12.1. The zero-order chi connectivity index (χ0) is 13.8. The van der Waals surface area contributed by atoms with Gasteiger partial charge in [-0.15, -0.1) is 0 Å². The SMILES string of the molecule is CCCN(CC)S(=O)(=O)c1ccc(CO)c(Cl)c1. The highest BCUT2D eigenvalue weighted by Gasteiger charge is 2.22. The van der Waals surface area contributed by atoms with E-state index in [1.165, 1.54) is 22.5 Å². The Morgan fingerprint density at radius 2 is 2.00 bits per heavy atom. The molecule has 1 aromatic carbocycles. The van der Waals surface area contributed by atoms with Crippen LogP contribution in [0.1, 0.15) is 25.8 Å². The largest absolute Gasteiger partial charge is 0.392 e. The maximum absolute atomic E-state index is 12.3. The maximum atomic E-state index is 12.3. The van der Waals surface area contributed by atoms with E-state index < -0.39 is 10.0 Å². The second-order valence-electron chi connectivity index (χ2n) is 3.91. The van der Waals surface area contributed by atoms with Gasteiger partial charge in [-0.25, -0.2) is 8.42 Å². The van der Waals surface area contributed by atoms with Gasteiger partial charge < -0.3 is 5.11 Å². The average Bonchev–Trinajstić information content (AvgIpc) is 2.35. The number of sulfonamides is 1. The lowest BCUT2D eigenvalue weighted by atomic mass is 10.2. The number of halogens is 1. The summed E-state index contributed by atoms with van der Waals surface area (Å²) in [5.41, 5.74) is 0.522. The minimum atomic E-state index is -3.49. The predicted octanol–water partition coefficient (Wildman–Crippen LogP) is 2.25. The summed E-state index contributed by atoms with van der Waals surface area (Å²) in [6.45, 7) is 4.44. The van der Waals surface area contributed by atoms with Crippen LogP contribution in [0, 0.1) is 0 Å². The molecular formula is C12H18ClNO3S. The molecule has 0 heterocycles.